The maximum absolute atomic E-state index is 11.6. The van der Waals surface area contributed by atoms with Gasteiger partial charge in [0.15, 0.2) is 5.82 Å². The molecule has 0 spiro atoms. The van der Waals surface area contributed by atoms with E-state index in [2.05, 4.69) is 42.0 Å². The molecule has 11 nitrogen and oxygen atoms in total. The number of aromatic amines is 1. The molecule has 2 aliphatic rings. The molecule has 0 radical (unpaired) electrons. The minimum Gasteiger partial charge on any atom is -0.377 e. The molecule has 5 heterocycles. The first-order chi connectivity index (χ1) is 19.1. The third kappa shape index (κ3) is 5.88. The second-order valence-electron chi connectivity index (χ2n) is 9.12. The van der Waals surface area contributed by atoms with E-state index in [9.17, 15) is 4.79 Å². The number of fused-ring (bicyclic) bond motifs is 1. The van der Waals surface area contributed by atoms with E-state index in [1.165, 1.54) is 17.8 Å². The van der Waals surface area contributed by atoms with E-state index in [0.29, 0.717) is 37.5 Å². The van der Waals surface area contributed by atoms with Crippen molar-refractivity contribution >= 4 is 23.4 Å². The third-order valence-corrected chi connectivity index (χ3v) is 6.59. The Balaban J connectivity index is 0.00000113. The summed E-state index contributed by atoms with van der Waals surface area (Å²) in [5, 5.41) is 3.12. The van der Waals surface area contributed by atoms with Crippen LogP contribution in [-0.4, -0.2) is 62.2 Å². The summed E-state index contributed by atoms with van der Waals surface area (Å²) in [6.45, 7) is 9.74. The lowest BCUT2D eigenvalue weighted by atomic mass is 10.0. The molecule has 2 N–H and O–H groups in total. The topological polar surface area (TPSA) is 125 Å². The average Bonchev–Trinajstić information content (AvgIpc) is 2.98. The number of nitrogens with one attached hydrogen (secondary N) is 2. The predicted molar refractivity (Wildman–Crippen MR) is 156 cm³/mol. The standard InChI is InChI=1S/C26H27N9O2.C2H6.2H2/c1-17-16-37-14-13-35(17)24-20-8-12-34(26-28-9-2-10-29-26)15-21(20)31-23(33-24)18-3-5-19(6-4-18)30-25-27-11-7-22(36)32-25;1-2;;/h2-7,9-11,17H,8,12-16H2,1H3,(H2,27,30,32,36);1-2H3;2*1H/t17-;;;/m0.../s1. The minimum absolute atomic E-state index is 0. The molecule has 39 heavy (non-hydrogen) atoms. The zero-order valence-corrected chi connectivity index (χ0v) is 22.5. The largest absolute Gasteiger partial charge is 0.377 e. The molecular weight excluding hydrogens is 494 g/mol. The maximum atomic E-state index is 11.6. The molecule has 0 saturated carbocycles. The van der Waals surface area contributed by atoms with Crippen LogP contribution in [0.25, 0.3) is 11.4 Å². The van der Waals surface area contributed by atoms with Gasteiger partial charge in [0, 0.05) is 57.4 Å². The Morgan fingerprint density at radius 2 is 1.82 bits per heavy atom. The molecule has 1 fully saturated rings. The Morgan fingerprint density at radius 1 is 1.03 bits per heavy atom. The van der Waals surface area contributed by atoms with Gasteiger partial charge in [-0.15, -0.1) is 0 Å². The third-order valence-electron chi connectivity index (χ3n) is 6.59. The first kappa shape index (κ1) is 26.2. The van der Waals surface area contributed by atoms with Gasteiger partial charge in [-0.2, -0.15) is 0 Å². The summed E-state index contributed by atoms with van der Waals surface area (Å²) in [4.78, 5) is 41.9. The predicted octanol–water partition coefficient (Wildman–Crippen LogP) is 4.07. The van der Waals surface area contributed by atoms with Gasteiger partial charge in [0.05, 0.1) is 31.5 Å². The molecule has 0 aliphatic carbocycles. The number of hydrogen-bond acceptors (Lipinski definition) is 10. The van der Waals surface area contributed by atoms with Crippen molar-refractivity contribution in [3.8, 4) is 11.4 Å². The Kier molecular flexibility index (Phi) is 8.07. The SMILES string of the molecule is CC.C[C@H]1COCCN1c1nc(-c2ccc(Nc3nccc(=O)[nH]3)cc2)nc2c1CCN(c1ncccn1)C2.[HH].[HH]. The molecule has 11 heteroatoms. The van der Waals surface area contributed by atoms with Crippen LogP contribution in [0.15, 0.2) is 59.8 Å². The Hall–Kier alpha value is -4.38. The van der Waals surface area contributed by atoms with Crippen molar-refractivity contribution in [3.63, 3.8) is 0 Å². The molecule has 206 valence electrons. The van der Waals surface area contributed by atoms with Crippen LogP contribution in [0, 0.1) is 0 Å². The molecule has 6 rings (SSSR count). The van der Waals surface area contributed by atoms with Gasteiger partial charge in [-0.1, -0.05) is 13.8 Å². The highest BCUT2D eigenvalue weighted by Crippen LogP contribution is 2.32. The van der Waals surface area contributed by atoms with Crippen LogP contribution in [0.5, 0.6) is 0 Å². The molecule has 1 aromatic carbocycles. The van der Waals surface area contributed by atoms with Crippen LogP contribution in [0.1, 0.15) is 34.9 Å². The average molecular weight is 532 g/mol. The van der Waals surface area contributed by atoms with E-state index < -0.39 is 0 Å². The van der Waals surface area contributed by atoms with Crippen molar-refractivity contribution in [1.82, 2.24) is 29.9 Å². The van der Waals surface area contributed by atoms with Crippen LogP contribution in [0.3, 0.4) is 0 Å². The van der Waals surface area contributed by atoms with Crippen molar-refractivity contribution in [1.29, 1.82) is 0 Å². The molecule has 0 unspecified atom stereocenters. The quantitative estimate of drug-likeness (QED) is 0.389. The minimum atomic E-state index is -0.212. The van der Waals surface area contributed by atoms with Gasteiger partial charge in [0.25, 0.3) is 5.56 Å². The number of ether oxygens (including phenoxy) is 1. The number of anilines is 4. The van der Waals surface area contributed by atoms with E-state index >= 15 is 0 Å². The fourth-order valence-corrected chi connectivity index (χ4v) is 4.72. The Bertz CT molecular complexity index is 1460. The van der Waals surface area contributed by atoms with Gasteiger partial charge < -0.3 is 19.9 Å². The molecular formula is C28H37N9O2. The summed E-state index contributed by atoms with van der Waals surface area (Å²) in [5.41, 5.74) is 3.66. The van der Waals surface area contributed by atoms with Crippen LogP contribution in [0.2, 0.25) is 0 Å². The van der Waals surface area contributed by atoms with Gasteiger partial charge in [-0.25, -0.2) is 24.9 Å². The van der Waals surface area contributed by atoms with Crippen LogP contribution >= 0.6 is 0 Å². The lowest BCUT2D eigenvalue weighted by Crippen LogP contribution is -2.45. The molecule has 1 saturated heterocycles. The monoisotopic (exact) mass is 531 g/mol. The number of aromatic nitrogens is 6. The van der Waals surface area contributed by atoms with E-state index in [1.807, 2.05) is 44.2 Å². The number of benzene rings is 1. The number of H-pyrrole nitrogens is 1. The first-order valence-corrected chi connectivity index (χ1v) is 13.3. The van der Waals surface area contributed by atoms with Gasteiger partial charge >= 0.3 is 0 Å². The normalized spacial score (nSPS) is 16.6. The summed E-state index contributed by atoms with van der Waals surface area (Å²) in [5.74, 6) is 2.74. The Morgan fingerprint density at radius 3 is 2.56 bits per heavy atom. The zero-order valence-electron chi connectivity index (χ0n) is 22.5. The van der Waals surface area contributed by atoms with Crippen molar-refractivity contribution in [2.75, 3.05) is 41.4 Å². The lowest BCUT2D eigenvalue weighted by Gasteiger charge is -2.37. The number of rotatable bonds is 5. The maximum Gasteiger partial charge on any atom is 0.252 e. The summed E-state index contributed by atoms with van der Waals surface area (Å²) in [6.07, 6.45) is 5.81. The molecule has 0 amide bonds. The van der Waals surface area contributed by atoms with Crippen LogP contribution in [-0.2, 0) is 17.7 Å². The fourth-order valence-electron chi connectivity index (χ4n) is 4.72. The summed E-state index contributed by atoms with van der Waals surface area (Å²) in [7, 11) is 0. The van der Waals surface area contributed by atoms with Crippen molar-refractivity contribution in [2.45, 2.75) is 39.8 Å². The molecule has 1 atom stereocenters. The molecule has 3 aromatic heterocycles. The first-order valence-electron chi connectivity index (χ1n) is 13.3. The lowest BCUT2D eigenvalue weighted by molar-refractivity contribution is 0.0984. The van der Waals surface area contributed by atoms with E-state index in [-0.39, 0.29) is 14.5 Å². The van der Waals surface area contributed by atoms with Gasteiger partial charge in [0.1, 0.15) is 5.82 Å². The Labute approximate surface area is 230 Å². The van der Waals surface area contributed by atoms with Crippen LogP contribution in [0.4, 0.5) is 23.4 Å². The van der Waals surface area contributed by atoms with E-state index in [0.717, 1.165) is 42.3 Å². The molecule has 0 bridgehead atoms. The van der Waals surface area contributed by atoms with E-state index in [4.69, 9.17) is 14.7 Å². The fraction of sp³-hybridized carbons (Fsp3) is 0.357. The van der Waals surface area contributed by atoms with Crippen molar-refractivity contribution < 1.29 is 7.59 Å². The van der Waals surface area contributed by atoms with Crippen LogP contribution < -0.4 is 20.7 Å². The van der Waals surface area contributed by atoms with Crippen molar-refractivity contribution in [2.24, 2.45) is 0 Å². The zero-order chi connectivity index (χ0) is 27.2. The van der Waals surface area contributed by atoms with Gasteiger partial charge in [-0.3, -0.25) is 9.78 Å². The number of hydrogen-bond donors (Lipinski definition) is 2. The molecule has 2 aliphatic heterocycles. The van der Waals surface area contributed by atoms with Gasteiger partial charge in [0.2, 0.25) is 11.9 Å². The summed E-state index contributed by atoms with van der Waals surface area (Å²) < 4.78 is 5.69. The summed E-state index contributed by atoms with van der Waals surface area (Å²) >= 11 is 0. The second-order valence-corrected chi connectivity index (χ2v) is 9.12. The molecule has 4 aromatic rings. The highest BCUT2D eigenvalue weighted by Gasteiger charge is 2.29. The summed E-state index contributed by atoms with van der Waals surface area (Å²) in [6, 6.07) is 11.2. The highest BCUT2D eigenvalue weighted by molar-refractivity contribution is 5.65. The number of morpholine rings is 1. The number of nitrogens with zero attached hydrogens (tertiary/aromatic N) is 7. The second kappa shape index (κ2) is 12.0. The smallest absolute Gasteiger partial charge is 0.252 e. The highest BCUT2D eigenvalue weighted by atomic mass is 16.5. The van der Waals surface area contributed by atoms with Crippen molar-refractivity contribution in [3.05, 3.63) is 76.6 Å². The van der Waals surface area contributed by atoms with E-state index in [1.54, 1.807) is 12.4 Å². The van der Waals surface area contributed by atoms with Gasteiger partial charge in [-0.05, 0) is 43.7 Å².